The molecule has 1 aliphatic heterocycles. The number of thiazole rings is 1. The Labute approximate surface area is 204 Å². The van der Waals surface area contributed by atoms with Gasteiger partial charge in [-0.25, -0.2) is 4.98 Å². The number of amides is 1. The van der Waals surface area contributed by atoms with E-state index >= 15 is 0 Å². The number of Topliss-reactive ketones (excluding diaryl/α,β-unsaturated/α-hetero) is 1. The summed E-state index contributed by atoms with van der Waals surface area (Å²) in [4.78, 5) is 33.1. The summed E-state index contributed by atoms with van der Waals surface area (Å²) in [6.45, 7) is 0. The molecule has 0 saturated carbocycles. The molecule has 1 atom stereocenters. The summed E-state index contributed by atoms with van der Waals surface area (Å²) in [5.41, 5.74) is 1.49. The van der Waals surface area contributed by atoms with Crippen molar-refractivity contribution in [3.05, 3.63) is 85.3 Å². The maximum Gasteiger partial charge on any atom is 0.296 e. The fourth-order valence-corrected chi connectivity index (χ4v) is 5.72. The molecule has 1 aliphatic rings. The standard InChI is InChI=1S/C23H15IN2O4S2/c1-30-14-8-9-15-17(11-14)32-23(25-15)26-19(12-4-6-13(24)7-5-12)18(21(28)22(26)29)20(27)16-3-2-10-31-16/h2-11,19,28H,1H3. The van der Waals surface area contributed by atoms with Crippen LogP contribution < -0.4 is 9.64 Å². The maximum absolute atomic E-state index is 13.3. The lowest BCUT2D eigenvalue weighted by Gasteiger charge is -2.24. The molecule has 160 valence electrons. The lowest BCUT2D eigenvalue weighted by molar-refractivity contribution is -0.117. The number of hydrogen-bond acceptors (Lipinski definition) is 7. The van der Waals surface area contributed by atoms with Gasteiger partial charge in [0.1, 0.15) is 5.75 Å². The number of aromatic nitrogens is 1. The van der Waals surface area contributed by atoms with Crippen molar-refractivity contribution < 1.29 is 19.4 Å². The number of halogens is 1. The van der Waals surface area contributed by atoms with E-state index in [1.807, 2.05) is 36.4 Å². The van der Waals surface area contributed by atoms with Gasteiger partial charge < -0.3 is 9.84 Å². The van der Waals surface area contributed by atoms with Crippen LogP contribution in [0.1, 0.15) is 21.3 Å². The Balaban J connectivity index is 1.67. The maximum atomic E-state index is 13.3. The number of ketones is 1. The van der Waals surface area contributed by atoms with Crippen molar-refractivity contribution >= 4 is 72.3 Å². The lowest BCUT2D eigenvalue weighted by Crippen LogP contribution is -2.30. The Morgan fingerprint density at radius 2 is 1.97 bits per heavy atom. The largest absolute Gasteiger partial charge is 0.503 e. The molecule has 3 heterocycles. The van der Waals surface area contributed by atoms with Crippen LogP contribution in [0, 0.1) is 3.57 Å². The minimum Gasteiger partial charge on any atom is -0.503 e. The molecular weight excluding hydrogens is 559 g/mol. The van der Waals surface area contributed by atoms with Crippen LogP contribution in [0.5, 0.6) is 5.75 Å². The van der Waals surface area contributed by atoms with Gasteiger partial charge in [0.05, 0.1) is 33.8 Å². The van der Waals surface area contributed by atoms with Crippen molar-refractivity contribution in [1.29, 1.82) is 0 Å². The molecule has 1 N–H and O–H groups in total. The molecule has 2 aromatic carbocycles. The van der Waals surface area contributed by atoms with Crippen molar-refractivity contribution in [1.82, 2.24) is 4.98 Å². The first-order chi connectivity index (χ1) is 15.5. The monoisotopic (exact) mass is 574 g/mol. The molecule has 2 aromatic heterocycles. The van der Waals surface area contributed by atoms with Crippen LogP contribution >= 0.6 is 45.3 Å². The summed E-state index contributed by atoms with van der Waals surface area (Å²) >= 11 is 4.78. The number of thiophene rings is 1. The van der Waals surface area contributed by atoms with E-state index in [0.717, 1.165) is 13.8 Å². The number of methoxy groups -OCH3 is 1. The Hall–Kier alpha value is -2.76. The highest BCUT2D eigenvalue weighted by atomic mass is 127. The van der Waals surface area contributed by atoms with E-state index in [1.165, 1.54) is 27.6 Å². The Morgan fingerprint density at radius 3 is 2.66 bits per heavy atom. The molecule has 0 aliphatic carbocycles. The van der Waals surface area contributed by atoms with Crippen LogP contribution in [-0.4, -0.2) is 28.9 Å². The van der Waals surface area contributed by atoms with E-state index in [1.54, 1.807) is 30.7 Å². The number of aliphatic hydroxyl groups is 1. The van der Waals surface area contributed by atoms with Gasteiger partial charge >= 0.3 is 0 Å². The number of hydrogen-bond donors (Lipinski definition) is 1. The molecular formula is C23H15IN2O4S2. The third kappa shape index (κ3) is 3.50. The molecule has 0 saturated heterocycles. The van der Waals surface area contributed by atoms with Gasteiger partial charge in [-0.1, -0.05) is 29.5 Å². The van der Waals surface area contributed by atoms with Crippen molar-refractivity contribution in [2.45, 2.75) is 6.04 Å². The molecule has 9 heteroatoms. The van der Waals surface area contributed by atoms with E-state index in [0.29, 0.717) is 21.3 Å². The van der Waals surface area contributed by atoms with Crippen molar-refractivity contribution in [2.75, 3.05) is 12.0 Å². The Morgan fingerprint density at radius 1 is 1.19 bits per heavy atom. The summed E-state index contributed by atoms with van der Waals surface area (Å²) < 4.78 is 7.15. The van der Waals surface area contributed by atoms with E-state index in [2.05, 4.69) is 27.6 Å². The van der Waals surface area contributed by atoms with Crippen LogP contribution in [0.15, 0.2) is 71.3 Å². The predicted octanol–water partition coefficient (Wildman–Crippen LogP) is 5.75. The average molecular weight is 574 g/mol. The second-order valence-electron chi connectivity index (χ2n) is 7.03. The fourth-order valence-electron chi connectivity index (χ4n) is 3.66. The van der Waals surface area contributed by atoms with Crippen LogP contribution in [0.3, 0.4) is 0 Å². The van der Waals surface area contributed by atoms with Gasteiger partial charge in [-0.3, -0.25) is 14.5 Å². The SMILES string of the molecule is COc1ccc2nc(N3C(=O)C(O)=C(C(=O)c4cccs4)C3c3ccc(I)cc3)sc2c1. The minimum atomic E-state index is -0.781. The Bertz CT molecular complexity index is 1380. The number of ether oxygens (including phenoxy) is 1. The van der Waals surface area contributed by atoms with E-state index < -0.39 is 17.7 Å². The normalized spacial score (nSPS) is 16.2. The number of carbonyl (C=O) groups is 2. The molecule has 1 unspecified atom stereocenters. The van der Waals surface area contributed by atoms with Crippen LogP contribution in [-0.2, 0) is 4.79 Å². The van der Waals surface area contributed by atoms with Gasteiger partial charge in [0.15, 0.2) is 10.9 Å². The van der Waals surface area contributed by atoms with E-state index in [4.69, 9.17) is 4.74 Å². The summed E-state index contributed by atoms with van der Waals surface area (Å²) in [5, 5.41) is 13.0. The predicted molar refractivity (Wildman–Crippen MR) is 134 cm³/mol. The van der Waals surface area contributed by atoms with Crippen molar-refractivity contribution in [3.8, 4) is 5.75 Å². The first-order valence-electron chi connectivity index (χ1n) is 9.53. The molecule has 0 radical (unpaired) electrons. The van der Waals surface area contributed by atoms with Crippen molar-refractivity contribution in [2.24, 2.45) is 0 Å². The highest BCUT2D eigenvalue weighted by molar-refractivity contribution is 14.1. The van der Waals surface area contributed by atoms with Gasteiger partial charge in [-0.05, 0) is 69.9 Å². The second-order valence-corrected chi connectivity index (χ2v) is 10.2. The van der Waals surface area contributed by atoms with Gasteiger partial charge in [-0.15, -0.1) is 11.3 Å². The quantitative estimate of drug-likeness (QED) is 0.243. The molecule has 5 rings (SSSR count). The van der Waals surface area contributed by atoms with Crippen LogP contribution in [0.25, 0.3) is 10.2 Å². The first-order valence-corrected chi connectivity index (χ1v) is 12.3. The number of rotatable bonds is 5. The van der Waals surface area contributed by atoms with Gasteiger partial charge in [0, 0.05) is 3.57 Å². The van der Waals surface area contributed by atoms with E-state index in [9.17, 15) is 14.7 Å². The first kappa shape index (κ1) is 21.1. The summed E-state index contributed by atoms with van der Waals surface area (Å²) in [5.74, 6) is -0.855. The summed E-state index contributed by atoms with van der Waals surface area (Å²) in [6, 6.07) is 15.7. The topological polar surface area (TPSA) is 79.7 Å². The molecule has 32 heavy (non-hydrogen) atoms. The summed E-state index contributed by atoms with van der Waals surface area (Å²) in [6.07, 6.45) is 0. The number of benzene rings is 2. The lowest BCUT2D eigenvalue weighted by atomic mass is 9.96. The Kier molecular flexibility index (Phi) is 5.48. The van der Waals surface area contributed by atoms with Gasteiger partial charge in [-0.2, -0.15) is 0 Å². The van der Waals surface area contributed by atoms with E-state index in [-0.39, 0.29) is 11.4 Å². The zero-order valence-electron chi connectivity index (χ0n) is 16.6. The molecule has 1 amide bonds. The van der Waals surface area contributed by atoms with Crippen molar-refractivity contribution in [3.63, 3.8) is 0 Å². The number of nitrogens with zero attached hydrogens (tertiary/aromatic N) is 2. The molecule has 0 bridgehead atoms. The van der Waals surface area contributed by atoms with Gasteiger partial charge in [0.2, 0.25) is 5.78 Å². The second kappa shape index (κ2) is 8.30. The molecule has 0 spiro atoms. The highest BCUT2D eigenvalue weighted by Crippen LogP contribution is 2.44. The number of anilines is 1. The number of carbonyl (C=O) groups excluding carboxylic acids is 2. The van der Waals surface area contributed by atoms with Crippen LogP contribution in [0.2, 0.25) is 0 Å². The average Bonchev–Trinajstić information content (AvgIpc) is 3.52. The third-order valence-electron chi connectivity index (χ3n) is 5.17. The highest BCUT2D eigenvalue weighted by Gasteiger charge is 2.46. The fraction of sp³-hybridized carbons (Fsp3) is 0.0870. The van der Waals surface area contributed by atoms with Crippen LogP contribution in [0.4, 0.5) is 5.13 Å². The molecule has 0 fully saturated rings. The zero-order chi connectivity index (χ0) is 22.4. The zero-order valence-corrected chi connectivity index (χ0v) is 20.4. The summed E-state index contributed by atoms with van der Waals surface area (Å²) in [7, 11) is 1.59. The number of aliphatic hydroxyl groups excluding tert-OH is 1. The smallest absolute Gasteiger partial charge is 0.296 e. The molecule has 6 nitrogen and oxygen atoms in total. The molecule has 4 aromatic rings. The number of fused-ring (bicyclic) bond motifs is 1. The third-order valence-corrected chi connectivity index (χ3v) is 7.78. The minimum absolute atomic E-state index is 0.0653. The van der Waals surface area contributed by atoms with Gasteiger partial charge in [0.25, 0.3) is 5.91 Å².